The first-order valence-corrected chi connectivity index (χ1v) is 5.66. The number of fused-ring (bicyclic) bond motifs is 1. The molecule has 0 amide bonds. The Morgan fingerprint density at radius 1 is 1.27 bits per heavy atom. The van der Waals surface area contributed by atoms with Gasteiger partial charge in [0.05, 0.1) is 18.8 Å². The molecule has 0 saturated heterocycles. The van der Waals surface area contributed by atoms with Crippen molar-refractivity contribution in [3.63, 3.8) is 0 Å². The van der Waals surface area contributed by atoms with E-state index in [2.05, 4.69) is 18.2 Å². The van der Waals surface area contributed by atoms with Crippen molar-refractivity contribution in [2.75, 3.05) is 6.61 Å². The van der Waals surface area contributed by atoms with Gasteiger partial charge in [-0.3, -0.25) is 0 Å². The van der Waals surface area contributed by atoms with Crippen LogP contribution in [-0.2, 0) is 24.2 Å². The maximum atomic E-state index is 9.86. The minimum Gasteiger partial charge on any atom is -0.390 e. The number of hydrogen-bond donors (Lipinski definition) is 1. The molecule has 1 aliphatic heterocycles. The highest BCUT2D eigenvalue weighted by molar-refractivity contribution is 5.34. The lowest BCUT2D eigenvalue weighted by Crippen LogP contribution is -2.13. The van der Waals surface area contributed by atoms with Crippen molar-refractivity contribution in [1.29, 1.82) is 0 Å². The summed E-state index contributed by atoms with van der Waals surface area (Å²) in [6.45, 7) is 1.58. The first-order chi connectivity index (χ1) is 7.25. The van der Waals surface area contributed by atoms with Crippen LogP contribution < -0.4 is 0 Å². The van der Waals surface area contributed by atoms with E-state index in [1.807, 2.05) is 0 Å². The van der Waals surface area contributed by atoms with Crippen LogP contribution in [0.2, 0.25) is 0 Å². The van der Waals surface area contributed by atoms with Crippen LogP contribution in [0.15, 0.2) is 18.2 Å². The van der Waals surface area contributed by atoms with Gasteiger partial charge >= 0.3 is 0 Å². The van der Waals surface area contributed by atoms with Gasteiger partial charge < -0.3 is 9.84 Å². The predicted molar refractivity (Wildman–Crippen MR) is 57.7 cm³/mol. The molecule has 1 aromatic rings. The Labute approximate surface area is 89.9 Å². The topological polar surface area (TPSA) is 29.5 Å². The third-order valence-electron chi connectivity index (χ3n) is 3.40. The third-order valence-corrected chi connectivity index (χ3v) is 3.40. The molecule has 1 N–H and O–H groups in total. The fourth-order valence-corrected chi connectivity index (χ4v) is 2.23. The number of rotatable bonds is 2. The second-order valence-electron chi connectivity index (χ2n) is 4.81. The summed E-state index contributed by atoms with van der Waals surface area (Å²) in [5.74, 6) is 0. The van der Waals surface area contributed by atoms with Gasteiger partial charge in [-0.1, -0.05) is 18.2 Å². The van der Waals surface area contributed by atoms with E-state index in [1.165, 1.54) is 16.7 Å². The van der Waals surface area contributed by atoms with Crippen molar-refractivity contribution in [2.24, 2.45) is 0 Å². The third kappa shape index (κ3) is 1.92. The Balaban J connectivity index is 1.84. The van der Waals surface area contributed by atoms with Crippen LogP contribution >= 0.6 is 0 Å². The van der Waals surface area contributed by atoms with E-state index < -0.39 is 0 Å². The van der Waals surface area contributed by atoms with Crippen LogP contribution in [0.4, 0.5) is 0 Å². The number of hydrogen-bond acceptors (Lipinski definition) is 2. The van der Waals surface area contributed by atoms with Gasteiger partial charge in [-0.25, -0.2) is 0 Å². The van der Waals surface area contributed by atoms with Gasteiger partial charge in [-0.15, -0.1) is 0 Å². The SMILES string of the molecule is OC1(Cc2ccc3c(c2)COCC3)CC1. The highest BCUT2D eigenvalue weighted by atomic mass is 16.5. The largest absolute Gasteiger partial charge is 0.390 e. The normalized spacial score (nSPS) is 22.2. The summed E-state index contributed by atoms with van der Waals surface area (Å²) in [5, 5.41) is 9.86. The van der Waals surface area contributed by atoms with Crippen molar-refractivity contribution in [3.05, 3.63) is 34.9 Å². The van der Waals surface area contributed by atoms with Crippen LogP contribution in [0.1, 0.15) is 29.5 Å². The van der Waals surface area contributed by atoms with E-state index in [1.54, 1.807) is 0 Å². The first-order valence-electron chi connectivity index (χ1n) is 5.66. The summed E-state index contributed by atoms with van der Waals surface area (Å²) < 4.78 is 5.43. The summed E-state index contributed by atoms with van der Waals surface area (Å²) in [4.78, 5) is 0. The minimum atomic E-state index is -0.385. The number of aliphatic hydroxyl groups is 1. The maximum absolute atomic E-state index is 9.86. The molecule has 2 aliphatic rings. The molecule has 1 fully saturated rings. The molecule has 15 heavy (non-hydrogen) atoms. The molecule has 1 aliphatic carbocycles. The molecule has 1 aromatic carbocycles. The number of benzene rings is 1. The molecule has 0 bridgehead atoms. The Morgan fingerprint density at radius 2 is 2.13 bits per heavy atom. The van der Waals surface area contributed by atoms with Crippen molar-refractivity contribution in [1.82, 2.24) is 0 Å². The second kappa shape index (κ2) is 3.32. The van der Waals surface area contributed by atoms with Crippen LogP contribution in [0.5, 0.6) is 0 Å². The lowest BCUT2D eigenvalue weighted by molar-refractivity contribution is 0.110. The van der Waals surface area contributed by atoms with Crippen LogP contribution in [0, 0.1) is 0 Å². The van der Waals surface area contributed by atoms with E-state index in [4.69, 9.17) is 4.74 Å². The fourth-order valence-electron chi connectivity index (χ4n) is 2.23. The first kappa shape index (κ1) is 9.37. The monoisotopic (exact) mass is 204 g/mol. The summed E-state index contributed by atoms with van der Waals surface area (Å²) in [7, 11) is 0. The molecular weight excluding hydrogens is 188 g/mol. The van der Waals surface area contributed by atoms with Crippen molar-refractivity contribution >= 4 is 0 Å². The molecule has 80 valence electrons. The lowest BCUT2D eigenvalue weighted by Gasteiger charge is -2.18. The second-order valence-corrected chi connectivity index (χ2v) is 4.81. The van der Waals surface area contributed by atoms with E-state index in [9.17, 15) is 5.11 Å². The summed E-state index contributed by atoms with van der Waals surface area (Å²) in [5.41, 5.74) is 3.58. The lowest BCUT2D eigenvalue weighted by atomic mass is 9.97. The summed E-state index contributed by atoms with van der Waals surface area (Å²) in [6, 6.07) is 6.55. The van der Waals surface area contributed by atoms with Crippen LogP contribution in [0.3, 0.4) is 0 Å². The van der Waals surface area contributed by atoms with Gasteiger partial charge in [-0.05, 0) is 36.0 Å². The minimum absolute atomic E-state index is 0.385. The van der Waals surface area contributed by atoms with Crippen LogP contribution in [-0.4, -0.2) is 17.3 Å². The number of ether oxygens (including phenoxy) is 1. The molecule has 2 nitrogen and oxygen atoms in total. The Morgan fingerprint density at radius 3 is 2.93 bits per heavy atom. The Kier molecular flexibility index (Phi) is 2.08. The molecule has 3 rings (SSSR count). The molecule has 0 atom stereocenters. The molecule has 0 spiro atoms. The zero-order valence-corrected chi connectivity index (χ0v) is 8.83. The van der Waals surface area contributed by atoms with Crippen molar-refractivity contribution in [2.45, 2.75) is 37.9 Å². The molecule has 0 radical (unpaired) electrons. The van der Waals surface area contributed by atoms with Gasteiger partial charge in [0.2, 0.25) is 0 Å². The summed E-state index contributed by atoms with van der Waals surface area (Å²) >= 11 is 0. The smallest absolute Gasteiger partial charge is 0.0719 e. The molecule has 0 unspecified atom stereocenters. The van der Waals surface area contributed by atoms with Crippen LogP contribution in [0.25, 0.3) is 0 Å². The van der Waals surface area contributed by atoms with E-state index >= 15 is 0 Å². The van der Waals surface area contributed by atoms with Crippen molar-refractivity contribution in [3.8, 4) is 0 Å². The average Bonchev–Trinajstić information content (AvgIpc) is 2.96. The summed E-state index contributed by atoms with van der Waals surface area (Å²) in [6.07, 6.45) is 3.75. The van der Waals surface area contributed by atoms with Gasteiger partial charge in [0, 0.05) is 6.42 Å². The van der Waals surface area contributed by atoms with Crippen molar-refractivity contribution < 1.29 is 9.84 Å². The molecule has 1 saturated carbocycles. The Hall–Kier alpha value is -0.860. The van der Waals surface area contributed by atoms with E-state index in [0.717, 1.165) is 38.9 Å². The highest BCUT2D eigenvalue weighted by Gasteiger charge is 2.40. The average molecular weight is 204 g/mol. The zero-order valence-electron chi connectivity index (χ0n) is 8.83. The fraction of sp³-hybridized carbons (Fsp3) is 0.538. The molecule has 0 aromatic heterocycles. The Bertz CT molecular complexity index is 380. The zero-order chi connectivity index (χ0) is 10.3. The quantitative estimate of drug-likeness (QED) is 0.796. The molecule has 1 heterocycles. The van der Waals surface area contributed by atoms with Gasteiger partial charge in [-0.2, -0.15) is 0 Å². The van der Waals surface area contributed by atoms with Gasteiger partial charge in [0.15, 0.2) is 0 Å². The standard InChI is InChI=1S/C13H16O2/c14-13(4-5-13)8-10-1-2-11-3-6-15-9-12(11)7-10/h1-2,7,14H,3-6,8-9H2. The highest BCUT2D eigenvalue weighted by Crippen LogP contribution is 2.38. The van der Waals surface area contributed by atoms with Gasteiger partial charge in [0.25, 0.3) is 0 Å². The molecular formula is C13H16O2. The maximum Gasteiger partial charge on any atom is 0.0719 e. The van der Waals surface area contributed by atoms with E-state index in [-0.39, 0.29) is 5.60 Å². The van der Waals surface area contributed by atoms with Gasteiger partial charge in [0.1, 0.15) is 0 Å². The molecule has 2 heteroatoms. The predicted octanol–water partition coefficient (Wildman–Crippen LogP) is 1.83. The van der Waals surface area contributed by atoms with E-state index in [0.29, 0.717) is 0 Å².